The highest BCUT2D eigenvalue weighted by Gasteiger charge is 2.32. The second-order valence-corrected chi connectivity index (χ2v) is 6.78. The van der Waals surface area contributed by atoms with Gasteiger partial charge in [0.1, 0.15) is 0 Å². The molecule has 1 aliphatic heterocycles. The summed E-state index contributed by atoms with van der Waals surface area (Å²) in [7, 11) is 0. The molecule has 1 saturated heterocycles. The highest BCUT2D eigenvalue weighted by Crippen LogP contribution is 2.27. The van der Waals surface area contributed by atoms with E-state index in [0.717, 1.165) is 39.1 Å². The van der Waals surface area contributed by atoms with Gasteiger partial charge in [0, 0.05) is 31.6 Å². The molecule has 0 radical (unpaired) electrons. The first kappa shape index (κ1) is 16.5. The summed E-state index contributed by atoms with van der Waals surface area (Å²) in [5.74, 6) is 0.373. The first-order valence-electron chi connectivity index (χ1n) is 8.22. The third-order valence-corrected chi connectivity index (χ3v) is 4.75. The molecule has 2 rings (SSSR count). The lowest BCUT2D eigenvalue weighted by atomic mass is 9.81. The molecular weight excluding hydrogens is 260 g/mol. The molecule has 0 spiro atoms. The van der Waals surface area contributed by atoms with Crippen LogP contribution in [-0.2, 0) is 5.41 Å². The summed E-state index contributed by atoms with van der Waals surface area (Å²) in [6.45, 7) is 11.7. The van der Waals surface area contributed by atoms with Crippen LogP contribution in [0.25, 0.3) is 0 Å². The van der Waals surface area contributed by atoms with E-state index >= 15 is 0 Å². The summed E-state index contributed by atoms with van der Waals surface area (Å²) in [4.78, 5) is 2.52. The molecule has 1 aromatic rings. The SMILES string of the molecule is CCNCC(C)(CN1CCC(O)C(C)C1)c1ccccc1. The van der Waals surface area contributed by atoms with Gasteiger partial charge < -0.3 is 15.3 Å². The van der Waals surface area contributed by atoms with Gasteiger partial charge in [-0.15, -0.1) is 0 Å². The van der Waals surface area contributed by atoms with Gasteiger partial charge in [-0.25, -0.2) is 0 Å². The average Bonchev–Trinajstić information content (AvgIpc) is 2.50. The highest BCUT2D eigenvalue weighted by atomic mass is 16.3. The van der Waals surface area contributed by atoms with Crippen molar-refractivity contribution >= 4 is 0 Å². The molecule has 118 valence electrons. The number of aliphatic hydroxyl groups is 1. The van der Waals surface area contributed by atoms with Crippen LogP contribution >= 0.6 is 0 Å². The molecule has 3 unspecified atom stereocenters. The van der Waals surface area contributed by atoms with E-state index in [-0.39, 0.29) is 11.5 Å². The minimum atomic E-state index is -0.127. The molecule has 3 heteroatoms. The molecule has 0 bridgehead atoms. The van der Waals surface area contributed by atoms with Crippen LogP contribution in [0.1, 0.15) is 32.8 Å². The van der Waals surface area contributed by atoms with Crippen molar-refractivity contribution in [1.29, 1.82) is 0 Å². The molecule has 1 aromatic carbocycles. The summed E-state index contributed by atoms with van der Waals surface area (Å²) >= 11 is 0. The quantitative estimate of drug-likeness (QED) is 0.843. The van der Waals surface area contributed by atoms with Gasteiger partial charge in [-0.2, -0.15) is 0 Å². The third kappa shape index (κ3) is 4.29. The first-order valence-corrected chi connectivity index (χ1v) is 8.22. The van der Waals surface area contributed by atoms with E-state index in [1.807, 2.05) is 0 Å². The van der Waals surface area contributed by atoms with Gasteiger partial charge in [0.25, 0.3) is 0 Å². The number of likely N-dealkylation sites (N-methyl/N-ethyl adjacent to an activating group) is 1. The summed E-state index contributed by atoms with van der Waals surface area (Å²) < 4.78 is 0. The maximum absolute atomic E-state index is 9.91. The summed E-state index contributed by atoms with van der Waals surface area (Å²) in [6.07, 6.45) is 0.769. The van der Waals surface area contributed by atoms with E-state index in [0.29, 0.717) is 5.92 Å². The van der Waals surface area contributed by atoms with Gasteiger partial charge in [-0.1, -0.05) is 51.1 Å². The maximum Gasteiger partial charge on any atom is 0.0590 e. The minimum Gasteiger partial charge on any atom is -0.393 e. The van der Waals surface area contributed by atoms with Crippen LogP contribution in [0.5, 0.6) is 0 Å². The zero-order chi connectivity index (χ0) is 15.3. The molecule has 0 aromatic heterocycles. The van der Waals surface area contributed by atoms with E-state index in [1.165, 1.54) is 5.56 Å². The van der Waals surface area contributed by atoms with Gasteiger partial charge >= 0.3 is 0 Å². The topological polar surface area (TPSA) is 35.5 Å². The normalized spacial score (nSPS) is 26.5. The van der Waals surface area contributed by atoms with Crippen LogP contribution in [0.15, 0.2) is 30.3 Å². The number of nitrogens with one attached hydrogen (secondary N) is 1. The molecule has 1 aliphatic rings. The molecule has 1 heterocycles. The average molecular weight is 290 g/mol. The molecule has 2 N–H and O–H groups in total. The van der Waals surface area contributed by atoms with Crippen LogP contribution in [0.4, 0.5) is 0 Å². The zero-order valence-electron chi connectivity index (χ0n) is 13.7. The lowest BCUT2D eigenvalue weighted by Crippen LogP contribution is -2.50. The second kappa shape index (κ2) is 7.39. The molecule has 3 atom stereocenters. The van der Waals surface area contributed by atoms with Crippen molar-refractivity contribution in [3.05, 3.63) is 35.9 Å². The van der Waals surface area contributed by atoms with Gasteiger partial charge in [0.2, 0.25) is 0 Å². The molecule has 0 amide bonds. The second-order valence-electron chi connectivity index (χ2n) is 6.78. The summed E-state index contributed by atoms with van der Waals surface area (Å²) in [6, 6.07) is 10.8. The number of rotatable bonds is 6. The number of nitrogens with zero attached hydrogens (tertiary/aromatic N) is 1. The fourth-order valence-corrected chi connectivity index (χ4v) is 3.35. The molecule has 0 saturated carbocycles. The molecule has 21 heavy (non-hydrogen) atoms. The van der Waals surface area contributed by atoms with Gasteiger partial charge in [0.15, 0.2) is 0 Å². The number of piperidine rings is 1. The Morgan fingerprint density at radius 3 is 2.67 bits per heavy atom. The van der Waals surface area contributed by atoms with Crippen LogP contribution in [0.2, 0.25) is 0 Å². The number of hydrogen-bond acceptors (Lipinski definition) is 3. The van der Waals surface area contributed by atoms with Crippen molar-refractivity contribution < 1.29 is 5.11 Å². The Labute approximate surface area is 129 Å². The van der Waals surface area contributed by atoms with Gasteiger partial charge in [0.05, 0.1) is 6.10 Å². The Kier molecular flexibility index (Phi) is 5.80. The Morgan fingerprint density at radius 2 is 2.05 bits per heavy atom. The van der Waals surface area contributed by atoms with Crippen LogP contribution in [0, 0.1) is 5.92 Å². The zero-order valence-corrected chi connectivity index (χ0v) is 13.7. The lowest BCUT2D eigenvalue weighted by molar-refractivity contribution is 0.0269. The van der Waals surface area contributed by atoms with Crippen molar-refractivity contribution in [2.75, 3.05) is 32.7 Å². The van der Waals surface area contributed by atoms with Crippen molar-refractivity contribution in [3.8, 4) is 0 Å². The number of benzene rings is 1. The smallest absolute Gasteiger partial charge is 0.0590 e. The predicted molar refractivity (Wildman–Crippen MR) is 88.6 cm³/mol. The maximum atomic E-state index is 9.91. The van der Waals surface area contributed by atoms with Gasteiger partial charge in [-0.05, 0) is 24.4 Å². The largest absolute Gasteiger partial charge is 0.393 e. The molecule has 0 aliphatic carbocycles. The van der Waals surface area contributed by atoms with E-state index < -0.39 is 0 Å². The van der Waals surface area contributed by atoms with E-state index in [1.54, 1.807) is 0 Å². The fraction of sp³-hybridized carbons (Fsp3) is 0.667. The molecule has 1 fully saturated rings. The van der Waals surface area contributed by atoms with Crippen LogP contribution < -0.4 is 5.32 Å². The van der Waals surface area contributed by atoms with Crippen LogP contribution in [0.3, 0.4) is 0 Å². The Morgan fingerprint density at radius 1 is 1.33 bits per heavy atom. The number of hydrogen-bond donors (Lipinski definition) is 2. The standard InChI is InChI=1S/C18H30N2O/c1-4-19-13-18(3,16-8-6-5-7-9-16)14-20-11-10-17(21)15(2)12-20/h5-9,15,17,19,21H,4,10-14H2,1-3H3. The molecule has 3 nitrogen and oxygen atoms in total. The Balaban J connectivity index is 2.09. The monoisotopic (exact) mass is 290 g/mol. The van der Waals surface area contributed by atoms with E-state index in [9.17, 15) is 5.11 Å². The minimum absolute atomic E-state index is 0.110. The van der Waals surface area contributed by atoms with Crippen LogP contribution in [-0.4, -0.2) is 48.8 Å². The van der Waals surface area contributed by atoms with Crippen molar-refractivity contribution in [2.45, 2.75) is 38.7 Å². The third-order valence-electron chi connectivity index (χ3n) is 4.75. The number of likely N-dealkylation sites (tertiary alicyclic amines) is 1. The van der Waals surface area contributed by atoms with E-state index in [4.69, 9.17) is 0 Å². The Hall–Kier alpha value is -0.900. The van der Waals surface area contributed by atoms with Crippen molar-refractivity contribution in [2.24, 2.45) is 5.92 Å². The predicted octanol–water partition coefficient (Wildman–Crippen LogP) is 2.26. The lowest BCUT2D eigenvalue weighted by Gasteiger charge is -2.41. The summed E-state index contributed by atoms with van der Waals surface area (Å²) in [5.41, 5.74) is 1.50. The highest BCUT2D eigenvalue weighted by molar-refractivity contribution is 5.25. The van der Waals surface area contributed by atoms with Crippen molar-refractivity contribution in [1.82, 2.24) is 10.2 Å². The summed E-state index contributed by atoms with van der Waals surface area (Å²) in [5, 5.41) is 13.4. The van der Waals surface area contributed by atoms with Gasteiger partial charge in [-0.3, -0.25) is 0 Å². The number of aliphatic hydroxyl groups excluding tert-OH is 1. The molecular formula is C18H30N2O. The Bertz CT molecular complexity index is 422. The fourth-order valence-electron chi connectivity index (χ4n) is 3.35. The first-order chi connectivity index (χ1) is 10.0. The van der Waals surface area contributed by atoms with E-state index in [2.05, 4.69) is 61.3 Å². The van der Waals surface area contributed by atoms with Crippen molar-refractivity contribution in [3.63, 3.8) is 0 Å².